The second kappa shape index (κ2) is 5.38. The van der Waals surface area contributed by atoms with Gasteiger partial charge in [0.1, 0.15) is 0 Å². The molecule has 0 bridgehead atoms. The van der Waals surface area contributed by atoms with Gasteiger partial charge in [-0.05, 0) is 12.8 Å². The van der Waals surface area contributed by atoms with E-state index in [-0.39, 0.29) is 0 Å². The summed E-state index contributed by atoms with van der Waals surface area (Å²) in [6, 6.07) is 0. The fourth-order valence-corrected chi connectivity index (χ4v) is 3.29. The van der Waals surface area contributed by atoms with Gasteiger partial charge in [-0.2, -0.15) is 0 Å². The summed E-state index contributed by atoms with van der Waals surface area (Å²) >= 11 is 12.4. The number of hydrogen-bond acceptors (Lipinski definition) is 0. The van der Waals surface area contributed by atoms with Crippen LogP contribution in [0.25, 0.3) is 35.4 Å². The van der Waals surface area contributed by atoms with E-state index in [0.717, 1.165) is 60.8 Å². The van der Waals surface area contributed by atoms with E-state index in [9.17, 15) is 0 Å². The Morgan fingerprint density at radius 3 is 2.36 bits per heavy atom. The van der Waals surface area contributed by atoms with Gasteiger partial charge in [-0.15, -0.1) is 0 Å². The topological polar surface area (TPSA) is 31.6 Å². The molecule has 0 atom stereocenters. The van der Waals surface area contributed by atoms with E-state index in [4.69, 9.17) is 23.2 Å². The Hall–Kier alpha value is -1.90. The fraction of sp³-hybridized carbons (Fsp3) is 0.111. The Bertz CT molecular complexity index is 1110. The second-order valence-electron chi connectivity index (χ2n) is 5.29. The number of aromatic nitrogens is 2. The van der Waals surface area contributed by atoms with Gasteiger partial charge in [0.15, 0.2) is 0 Å². The van der Waals surface area contributed by atoms with Gasteiger partial charge in [-0.3, -0.25) is 0 Å². The number of rotatable bonds is 2. The predicted octanol–water partition coefficient (Wildman–Crippen LogP) is 2.22. The van der Waals surface area contributed by atoms with Gasteiger partial charge in [0.05, 0.1) is 26.8 Å². The summed E-state index contributed by atoms with van der Waals surface area (Å²) in [6.45, 7) is 15.9. The smallest absolute Gasteiger partial charge is 0.0704 e. The summed E-state index contributed by atoms with van der Waals surface area (Å²) in [4.78, 5) is 6.65. The lowest BCUT2D eigenvalue weighted by Gasteiger charge is -1.98. The Balaban J connectivity index is 2.64. The standard InChI is InChI=1S/C18H16Cl2N2/c1-5-12-9(2)15(21-17(12)11(4)19)16-10(3)13-7-6-8-14(20)18(13)22-16/h5,7,21-22H,1-4,6,8H2/b16-15+. The zero-order chi connectivity index (χ0) is 16.0. The van der Waals surface area contributed by atoms with Gasteiger partial charge in [-0.1, -0.05) is 61.7 Å². The van der Waals surface area contributed by atoms with Gasteiger partial charge < -0.3 is 9.97 Å². The Morgan fingerprint density at radius 1 is 1.14 bits per heavy atom. The van der Waals surface area contributed by atoms with Crippen LogP contribution in [0.4, 0.5) is 0 Å². The Labute approximate surface area is 137 Å². The molecular weight excluding hydrogens is 315 g/mol. The van der Waals surface area contributed by atoms with E-state index >= 15 is 0 Å². The van der Waals surface area contributed by atoms with Crippen molar-refractivity contribution in [2.45, 2.75) is 12.8 Å². The molecule has 2 nitrogen and oxygen atoms in total. The molecule has 2 N–H and O–H groups in total. The second-order valence-corrected chi connectivity index (χ2v) is 6.20. The van der Waals surface area contributed by atoms with Crippen LogP contribution in [0.3, 0.4) is 0 Å². The van der Waals surface area contributed by atoms with E-state index in [0.29, 0.717) is 5.03 Å². The first-order chi connectivity index (χ1) is 10.5. The molecule has 3 rings (SSSR count). The highest BCUT2D eigenvalue weighted by Gasteiger charge is 2.09. The molecule has 0 amide bonds. The number of halogens is 2. The van der Waals surface area contributed by atoms with Crippen LogP contribution in [-0.2, 0) is 0 Å². The minimum absolute atomic E-state index is 0.420. The Kier molecular flexibility index (Phi) is 3.67. The highest BCUT2D eigenvalue weighted by Crippen LogP contribution is 2.17. The molecule has 1 aliphatic carbocycles. The van der Waals surface area contributed by atoms with E-state index in [2.05, 4.69) is 42.4 Å². The van der Waals surface area contributed by atoms with Crippen molar-refractivity contribution in [1.82, 2.24) is 9.97 Å². The normalized spacial score (nSPS) is 15.3. The number of hydrogen-bond donors (Lipinski definition) is 2. The highest BCUT2D eigenvalue weighted by molar-refractivity contribution is 6.48. The monoisotopic (exact) mass is 330 g/mol. The molecule has 2 aromatic heterocycles. The third-order valence-corrected chi connectivity index (χ3v) is 4.57. The molecule has 2 aromatic rings. The van der Waals surface area contributed by atoms with E-state index < -0.39 is 0 Å². The first kappa shape index (κ1) is 15.0. The van der Waals surface area contributed by atoms with Crippen LogP contribution in [0, 0.1) is 10.7 Å². The summed E-state index contributed by atoms with van der Waals surface area (Å²) < 4.78 is 0. The van der Waals surface area contributed by atoms with Crippen molar-refractivity contribution in [3.8, 4) is 0 Å². The lowest BCUT2D eigenvalue weighted by Crippen LogP contribution is -2.35. The van der Waals surface area contributed by atoms with Crippen LogP contribution < -0.4 is 21.0 Å². The molecule has 0 radical (unpaired) electrons. The summed E-state index contributed by atoms with van der Waals surface area (Å²) in [5.74, 6) is 0. The highest BCUT2D eigenvalue weighted by atomic mass is 35.5. The SMILES string of the molecule is C=Cc1c(C(=C)Cl)[nH]/c(=c2/[nH]c3c(c2=C)=CCCC=3Cl)c1=C. The quantitative estimate of drug-likeness (QED) is 0.846. The van der Waals surface area contributed by atoms with Crippen molar-refractivity contribution in [1.29, 1.82) is 0 Å². The lowest BCUT2D eigenvalue weighted by molar-refractivity contribution is 1.08. The summed E-state index contributed by atoms with van der Waals surface area (Å²) in [6.07, 6.45) is 5.65. The number of H-pyrrole nitrogens is 2. The van der Waals surface area contributed by atoms with Crippen molar-refractivity contribution in [2.75, 3.05) is 0 Å². The molecule has 0 saturated heterocycles. The first-order valence-corrected chi connectivity index (χ1v) is 7.69. The molecule has 0 aromatic carbocycles. The average molecular weight is 331 g/mol. The maximum Gasteiger partial charge on any atom is 0.0704 e. The molecule has 0 spiro atoms. The third-order valence-electron chi connectivity index (χ3n) is 4.00. The van der Waals surface area contributed by atoms with E-state index in [1.54, 1.807) is 6.08 Å². The number of fused-ring (bicyclic) bond motifs is 1. The molecule has 1 aliphatic rings. The summed E-state index contributed by atoms with van der Waals surface area (Å²) in [5.41, 5.74) is 1.57. The Morgan fingerprint density at radius 2 is 1.82 bits per heavy atom. The van der Waals surface area contributed by atoms with Crippen molar-refractivity contribution in [2.24, 2.45) is 0 Å². The number of nitrogens with one attached hydrogen (secondary N) is 2. The van der Waals surface area contributed by atoms with Gasteiger partial charge >= 0.3 is 0 Å². The zero-order valence-corrected chi connectivity index (χ0v) is 13.7. The van der Waals surface area contributed by atoms with Gasteiger partial charge in [0.25, 0.3) is 0 Å². The minimum Gasteiger partial charge on any atom is -0.352 e. The van der Waals surface area contributed by atoms with Crippen LogP contribution in [0.1, 0.15) is 24.1 Å². The van der Waals surface area contributed by atoms with Gasteiger partial charge in [0.2, 0.25) is 0 Å². The molecule has 0 saturated carbocycles. The largest absolute Gasteiger partial charge is 0.352 e. The van der Waals surface area contributed by atoms with Crippen molar-refractivity contribution >= 4 is 58.6 Å². The fourth-order valence-electron chi connectivity index (χ4n) is 2.88. The van der Waals surface area contributed by atoms with Crippen molar-refractivity contribution in [3.63, 3.8) is 0 Å². The van der Waals surface area contributed by atoms with Crippen molar-refractivity contribution in [3.05, 3.63) is 56.1 Å². The van der Waals surface area contributed by atoms with Crippen LogP contribution >= 0.6 is 23.2 Å². The van der Waals surface area contributed by atoms with Crippen molar-refractivity contribution < 1.29 is 0 Å². The third kappa shape index (κ3) is 2.11. The maximum absolute atomic E-state index is 6.33. The zero-order valence-electron chi connectivity index (χ0n) is 12.2. The molecule has 4 heteroatoms. The molecule has 2 heterocycles. The van der Waals surface area contributed by atoms with E-state index in [1.165, 1.54) is 0 Å². The molecular formula is C18H16Cl2N2. The van der Waals surface area contributed by atoms with Crippen LogP contribution in [-0.4, -0.2) is 9.97 Å². The summed E-state index contributed by atoms with van der Waals surface area (Å²) in [5, 5.41) is 6.68. The number of aromatic amines is 2. The minimum atomic E-state index is 0.420. The summed E-state index contributed by atoms with van der Waals surface area (Å²) in [7, 11) is 0. The molecule has 0 unspecified atom stereocenters. The van der Waals surface area contributed by atoms with Gasteiger partial charge in [0, 0.05) is 26.3 Å². The van der Waals surface area contributed by atoms with Gasteiger partial charge in [-0.25, -0.2) is 0 Å². The molecule has 0 fully saturated rings. The van der Waals surface area contributed by atoms with Crippen LogP contribution in [0.5, 0.6) is 0 Å². The van der Waals surface area contributed by atoms with Crippen LogP contribution in [0.2, 0.25) is 0 Å². The molecule has 112 valence electrons. The van der Waals surface area contributed by atoms with Crippen LogP contribution in [0.15, 0.2) is 13.2 Å². The maximum atomic E-state index is 6.33. The predicted molar refractivity (Wildman–Crippen MR) is 96.7 cm³/mol. The van der Waals surface area contributed by atoms with E-state index in [1.807, 2.05) is 0 Å². The average Bonchev–Trinajstić information content (AvgIpc) is 2.98. The molecule has 22 heavy (non-hydrogen) atoms. The lowest BCUT2D eigenvalue weighted by atomic mass is 10.1. The molecule has 0 aliphatic heterocycles. The first-order valence-electron chi connectivity index (χ1n) is 6.94.